The fourth-order valence-corrected chi connectivity index (χ4v) is 1.67. The molecule has 15 heavy (non-hydrogen) atoms. The van der Waals surface area contributed by atoms with Crippen molar-refractivity contribution >= 4 is 17.2 Å². The SMILES string of the molecule is CCOc1ccc2c(ccn2CC=O)c1. The Kier molecular flexibility index (Phi) is 2.72. The van der Waals surface area contributed by atoms with Gasteiger partial charge in [-0.2, -0.15) is 0 Å². The summed E-state index contributed by atoms with van der Waals surface area (Å²) in [7, 11) is 0. The molecule has 0 unspecified atom stereocenters. The van der Waals surface area contributed by atoms with Crippen LogP contribution < -0.4 is 4.74 Å². The lowest BCUT2D eigenvalue weighted by molar-refractivity contribution is -0.108. The molecule has 0 saturated heterocycles. The van der Waals surface area contributed by atoms with Gasteiger partial charge >= 0.3 is 0 Å². The summed E-state index contributed by atoms with van der Waals surface area (Å²) in [6.07, 6.45) is 2.81. The summed E-state index contributed by atoms with van der Waals surface area (Å²) < 4.78 is 7.32. The van der Waals surface area contributed by atoms with Crippen LogP contribution in [0, 0.1) is 0 Å². The molecule has 2 rings (SSSR count). The van der Waals surface area contributed by atoms with Gasteiger partial charge in [-0.25, -0.2) is 0 Å². The summed E-state index contributed by atoms with van der Waals surface area (Å²) in [5.74, 6) is 0.869. The molecular weight excluding hydrogens is 190 g/mol. The Labute approximate surface area is 88.3 Å². The van der Waals surface area contributed by atoms with Crippen LogP contribution in [0.3, 0.4) is 0 Å². The van der Waals surface area contributed by atoms with Crippen molar-refractivity contribution < 1.29 is 9.53 Å². The van der Waals surface area contributed by atoms with Gasteiger partial charge in [0.25, 0.3) is 0 Å². The number of aldehydes is 1. The van der Waals surface area contributed by atoms with Crippen LogP contribution in [-0.4, -0.2) is 17.5 Å². The van der Waals surface area contributed by atoms with Gasteiger partial charge in [-0.05, 0) is 31.2 Å². The highest BCUT2D eigenvalue weighted by molar-refractivity contribution is 5.82. The monoisotopic (exact) mass is 203 g/mol. The number of carbonyl (C=O) groups is 1. The number of fused-ring (bicyclic) bond motifs is 1. The van der Waals surface area contributed by atoms with Crippen LogP contribution in [0.2, 0.25) is 0 Å². The van der Waals surface area contributed by atoms with Gasteiger partial charge in [0.1, 0.15) is 12.0 Å². The average Bonchev–Trinajstić information content (AvgIpc) is 2.62. The van der Waals surface area contributed by atoms with Crippen LogP contribution >= 0.6 is 0 Å². The average molecular weight is 203 g/mol. The number of hydrogen-bond donors (Lipinski definition) is 0. The highest BCUT2D eigenvalue weighted by Gasteiger charge is 2.01. The number of carbonyl (C=O) groups excluding carboxylic acids is 1. The number of benzene rings is 1. The van der Waals surface area contributed by atoms with E-state index in [0.717, 1.165) is 22.9 Å². The van der Waals surface area contributed by atoms with Crippen molar-refractivity contribution in [3.63, 3.8) is 0 Å². The van der Waals surface area contributed by atoms with Crippen molar-refractivity contribution in [1.29, 1.82) is 0 Å². The van der Waals surface area contributed by atoms with E-state index >= 15 is 0 Å². The van der Waals surface area contributed by atoms with Gasteiger partial charge < -0.3 is 14.1 Å². The molecule has 1 aromatic carbocycles. The van der Waals surface area contributed by atoms with Crippen LogP contribution in [0.4, 0.5) is 0 Å². The minimum atomic E-state index is 0.400. The highest BCUT2D eigenvalue weighted by atomic mass is 16.5. The first kappa shape index (κ1) is 9.77. The first-order valence-electron chi connectivity index (χ1n) is 5.00. The zero-order chi connectivity index (χ0) is 10.7. The number of rotatable bonds is 4. The Morgan fingerprint density at radius 3 is 3.00 bits per heavy atom. The third-order valence-electron chi connectivity index (χ3n) is 2.32. The third-order valence-corrected chi connectivity index (χ3v) is 2.32. The lowest BCUT2D eigenvalue weighted by atomic mass is 10.2. The maximum Gasteiger partial charge on any atom is 0.139 e. The molecule has 0 atom stereocenters. The molecule has 3 heteroatoms. The minimum absolute atomic E-state index is 0.400. The summed E-state index contributed by atoms with van der Waals surface area (Å²) >= 11 is 0. The van der Waals surface area contributed by atoms with E-state index in [9.17, 15) is 4.79 Å². The molecule has 0 bridgehead atoms. The standard InChI is InChI=1S/C12H13NO2/c1-2-15-11-3-4-12-10(9-11)5-6-13(12)7-8-14/h3-6,8-9H,2,7H2,1H3. The maximum absolute atomic E-state index is 10.4. The molecule has 1 heterocycles. The van der Waals surface area contributed by atoms with Crippen molar-refractivity contribution in [2.75, 3.05) is 6.61 Å². The molecule has 1 aromatic heterocycles. The van der Waals surface area contributed by atoms with Gasteiger partial charge in [-0.15, -0.1) is 0 Å². The zero-order valence-corrected chi connectivity index (χ0v) is 8.64. The van der Waals surface area contributed by atoms with Crippen molar-refractivity contribution in [1.82, 2.24) is 4.57 Å². The fraction of sp³-hybridized carbons (Fsp3) is 0.250. The summed E-state index contributed by atoms with van der Waals surface area (Å²) in [5, 5.41) is 1.10. The Bertz CT molecular complexity index is 473. The van der Waals surface area contributed by atoms with E-state index in [0.29, 0.717) is 13.2 Å². The lowest BCUT2D eigenvalue weighted by Gasteiger charge is -2.03. The second-order valence-electron chi connectivity index (χ2n) is 3.29. The molecule has 0 saturated carbocycles. The third kappa shape index (κ3) is 1.86. The largest absolute Gasteiger partial charge is 0.494 e. The Morgan fingerprint density at radius 2 is 2.27 bits per heavy atom. The van der Waals surface area contributed by atoms with E-state index in [4.69, 9.17) is 4.74 Å². The van der Waals surface area contributed by atoms with E-state index in [1.807, 2.05) is 42.0 Å². The second kappa shape index (κ2) is 4.17. The van der Waals surface area contributed by atoms with E-state index in [1.165, 1.54) is 0 Å². The number of nitrogens with zero attached hydrogens (tertiary/aromatic N) is 1. The van der Waals surface area contributed by atoms with Gasteiger partial charge in [0, 0.05) is 17.1 Å². The normalized spacial score (nSPS) is 10.5. The van der Waals surface area contributed by atoms with E-state index in [1.54, 1.807) is 0 Å². The molecule has 0 aliphatic carbocycles. The predicted molar refractivity (Wildman–Crippen MR) is 59.2 cm³/mol. The summed E-state index contributed by atoms with van der Waals surface area (Å²) in [4.78, 5) is 10.4. The molecule has 3 nitrogen and oxygen atoms in total. The van der Waals surface area contributed by atoms with Crippen LogP contribution in [0.5, 0.6) is 5.75 Å². The van der Waals surface area contributed by atoms with E-state index < -0.39 is 0 Å². The van der Waals surface area contributed by atoms with Crippen molar-refractivity contribution in [2.24, 2.45) is 0 Å². The van der Waals surface area contributed by atoms with Crippen molar-refractivity contribution in [3.05, 3.63) is 30.5 Å². The van der Waals surface area contributed by atoms with Crippen molar-refractivity contribution in [3.8, 4) is 5.75 Å². The number of ether oxygens (including phenoxy) is 1. The Balaban J connectivity index is 2.42. The molecule has 2 aromatic rings. The highest BCUT2D eigenvalue weighted by Crippen LogP contribution is 2.21. The summed E-state index contributed by atoms with van der Waals surface area (Å²) in [5.41, 5.74) is 1.06. The van der Waals surface area contributed by atoms with Gasteiger partial charge in [0.2, 0.25) is 0 Å². The Morgan fingerprint density at radius 1 is 1.40 bits per heavy atom. The molecule has 0 N–H and O–H groups in total. The topological polar surface area (TPSA) is 31.2 Å². The summed E-state index contributed by atoms with van der Waals surface area (Å²) in [6, 6.07) is 7.87. The first-order valence-corrected chi connectivity index (χ1v) is 5.00. The summed E-state index contributed by atoms with van der Waals surface area (Å²) in [6.45, 7) is 3.03. The molecule has 0 aliphatic rings. The van der Waals surface area contributed by atoms with Crippen LogP contribution in [0.15, 0.2) is 30.5 Å². The van der Waals surface area contributed by atoms with Gasteiger partial charge in [-0.1, -0.05) is 0 Å². The van der Waals surface area contributed by atoms with Crippen LogP contribution in [0.25, 0.3) is 10.9 Å². The number of aromatic nitrogens is 1. The molecule has 78 valence electrons. The van der Waals surface area contributed by atoms with E-state index in [-0.39, 0.29) is 0 Å². The zero-order valence-electron chi connectivity index (χ0n) is 8.64. The molecule has 0 spiro atoms. The molecule has 0 amide bonds. The first-order chi connectivity index (χ1) is 7.35. The van der Waals surface area contributed by atoms with Gasteiger partial charge in [-0.3, -0.25) is 0 Å². The van der Waals surface area contributed by atoms with Gasteiger partial charge in [0.05, 0.1) is 13.2 Å². The molecule has 0 fully saturated rings. The quantitative estimate of drug-likeness (QED) is 0.713. The predicted octanol–water partition coefficient (Wildman–Crippen LogP) is 2.24. The molecule has 0 aliphatic heterocycles. The van der Waals surface area contributed by atoms with Crippen LogP contribution in [-0.2, 0) is 11.3 Å². The molecular formula is C12H13NO2. The minimum Gasteiger partial charge on any atom is -0.494 e. The lowest BCUT2D eigenvalue weighted by Crippen LogP contribution is -1.96. The molecule has 0 radical (unpaired) electrons. The van der Waals surface area contributed by atoms with Crippen molar-refractivity contribution in [2.45, 2.75) is 13.5 Å². The number of hydrogen-bond acceptors (Lipinski definition) is 2. The Hall–Kier alpha value is -1.77. The second-order valence-corrected chi connectivity index (χ2v) is 3.29. The van der Waals surface area contributed by atoms with Gasteiger partial charge in [0.15, 0.2) is 0 Å². The van der Waals surface area contributed by atoms with E-state index in [2.05, 4.69) is 0 Å². The smallest absolute Gasteiger partial charge is 0.139 e. The fourth-order valence-electron chi connectivity index (χ4n) is 1.67. The van der Waals surface area contributed by atoms with Crippen LogP contribution in [0.1, 0.15) is 6.92 Å². The maximum atomic E-state index is 10.4.